The van der Waals surface area contributed by atoms with Crippen molar-refractivity contribution in [3.05, 3.63) is 45.6 Å². The van der Waals surface area contributed by atoms with Gasteiger partial charge in [-0.1, -0.05) is 19.3 Å². The number of anilines is 1. The molecule has 2 fully saturated rings. The molecular formula is C24H27F2N5O2S. The molecule has 5 rings (SSSR count). The predicted molar refractivity (Wildman–Crippen MR) is 128 cm³/mol. The van der Waals surface area contributed by atoms with Crippen molar-refractivity contribution in [3.8, 4) is 0 Å². The number of fused-ring (bicyclic) bond motifs is 1. The van der Waals surface area contributed by atoms with Crippen LogP contribution >= 0.6 is 11.3 Å². The lowest BCUT2D eigenvalue weighted by atomic mass is 9.87. The van der Waals surface area contributed by atoms with Crippen molar-refractivity contribution in [2.75, 3.05) is 5.32 Å². The number of hydrogen-bond donors (Lipinski definition) is 3. The number of nitrogens with two attached hydrogens (primary N) is 1. The lowest BCUT2D eigenvalue weighted by Gasteiger charge is -2.34. The summed E-state index contributed by atoms with van der Waals surface area (Å²) < 4.78 is 27.8. The van der Waals surface area contributed by atoms with Crippen molar-refractivity contribution in [2.24, 2.45) is 5.73 Å². The second kappa shape index (κ2) is 9.42. The Morgan fingerprint density at radius 3 is 2.53 bits per heavy atom. The number of amides is 2. The molecule has 2 aromatic heterocycles. The molecule has 180 valence electrons. The Hall–Kier alpha value is -2.85. The van der Waals surface area contributed by atoms with Gasteiger partial charge < -0.3 is 15.6 Å². The Labute approximate surface area is 199 Å². The van der Waals surface area contributed by atoms with Gasteiger partial charge in [-0.15, -0.1) is 11.3 Å². The highest BCUT2D eigenvalue weighted by molar-refractivity contribution is 7.14. The molecule has 10 heteroatoms. The van der Waals surface area contributed by atoms with Crippen LogP contribution in [0.25, 0.3) is 11.0 Å². The zero-order chi connectivity index (χ0) is 23.8. The standard InChI is InChI=1S/C24H27F2N5O2S/c25-21(26)19-8-9-20(34-19)23(33)30-24-29-17-10-13(22(32)28-15-4-2-1-3-5-15)6-7-18(17)31(24)16-11-14(27)12-16/h6-10,14-16,21H,1-5,11-12,27H2,(H,28,32)(H,29,30,33)/t14-,16+. The van der Waals surface area contributed by atoms with Crippen molar-refractivity contribution >= 4 is 40.1 Å². The molecule has 2 aliphatic rings. The topological polar surface area (TPSA) is 102 Å². The van der Waals surface area contributed by atoms with E-state index in [0.717, 1.165) is 55.4 Å². The molecule has 7 nitrogen and oxygen atoms in total. The smallest absolute Gasteiger partial charge is 0.272 e. The summed E-state index contributed by atoms with van der Waals surface area (Å²) in [5.74, 6) is -0.293. The van der Waals surface area contributed by atoms with Gasteiger partial charge in [0.1, 0.15) is 0 Å². The minimum Gasteiger partial charge on any atom is -0.349 e. The minimum atomic E-state index is -2.62. The quantitative estimate of drug-likeness (QED) is 0.455. The Morgan fingerprint density at radius 2 is 1.85 bits per heavy atom. The van der Waals surface area contributed by atoms with Crippen LogP contribution in [0, 0.1) is 0 Å². The summed E-state index contributed by atoms with van der Waals surface area (Å²) in [4.78, 5) is 30.2. The van der Waals surface area contributed by atoms with E-state index in [1.807, 2.05) is 10.6 Å². The largest absolute Gasteiger partial charge is 0.349 e. The molecular weight excluding hydrogens is 460 g/mol. The third-order valence-electron chi connectivity index (χ3n) is 6.70. The lowest BCUT2D eigenvalue weighted by Crippen LogP contribution is -2.38. The molecule has 2 aliphatic carbocycles. The number of carbonyl (C=O) groups is 2. The normalized spacial score (nSPS) is 20.9. The fraction of sp³-hybridized carbons (Fsp3) is 0.458. The lowest BCUT2D eigenvalue weighted by molar-refractivity contribution is 0.0927. The third kappa shape index (κ3) is 4.56. The van der Waals surface area contributed by atoms with Gasteiger partial charge in [-0.3, -0.25) is 14.9 Å². The fourth-order valence-corrected chi connectivity index (χ4v) is 5.57. The maximum absolute atomic E-state index is 12.9. The predicted octanol–water partition coefficient (Wildman–Crippen LogP) is 5.01. The van der Waals surface area contributed by atoms with Crippen molar-refractivity contribution in [3.63, 3.8) is 0 Å². The van der Waals surface area contributed by atoms with Crippen LogP contribution in [0.1, 0.15) is 82.3 Å². The number of imidazole rings is 1. The molecule has 2 heterocycles. The molecule has 2 saturated carbocycles. The van der Waals surface area contributed by atoms with Crippen molar-refractivity contribution < 1.29 is 18.4 Å². The van der Waals surface area contributed by atoms with Gasteiger partial charge in [-0.05, 0) is 56.0 Å². The van der Waals surface area contributed by atoms with Gasteiger partial charge in [0.25, 0.3) is 18.2 Å². The van der Waals surface area contributed by atoms with Gasteiger partial charge >= 0.3 is 0 Å². The molecule has 0 radical (unpaired) electrons. The Kier molecular flexibility index (Phi) is 6.35. The monoisotopic (exact) mass is 487 g/mol. The molecule has 0 aliphatic heterocycles. The first kappa shape index (κ1) is 22.9. The van der Waals surface area contributed by atoms with E-state index in [1.54, 1.807) is 12.1 Å². The molecule has 0 bridgehead atoms. The van der Waals surface area contributed by atoms with Gasteiger partial charge in [-0.2, -0.15) is 0 Å². The number of benzene rings is 1. The summed E-state index contributed by atoms with van der Waals surface area (Å²) in [6, 6.07) is 8.35. The average molecular weight is 488 g/mol. The summed E-state index contributed by atoms with van der Waals surface area (Å²) >= 11 is 0.760. The van der Waals surface area contributed by atoms with Crippen LogP contribution in [0.15, 0.2) is 30.3 Å². The van der Waals surface area contributed by atoms with Gasteiger partial charge in [0, 0.05) is 23.7 Å². The van der Waals surface area contributed by atoms with Crippen LogP contribution in [-0.2, 0) is 0 Å². The van der Waals surface area contributed by atoms with E-state index >= 15 is 0 Å². The number of rotatable bonds is 6. The van der Waals surface area contributed by atoms with E-state index in [2.05, 4.69) is 15.6 Å². The summed E-state index contributed by atoms with van der Waals surface area (Å²) in [5, 5.41) is 5.90. The SMILES string of the molecule is N[C@H]1C[C@@H](n2c(NC(=O)c3ccc(C(F)F)s3)nc3cc(C(=O)NC4CCCCC4)ccc32)C1. The molecule has 0 saturated heterocycles. The molecule has 4 N–H and O–H groups in total. The van der Waals surface area contributed by atoms with Crippen molar-refractivity contribution in [2.45, 2.75) is 69.5 Å². The highest BCUT2D eigenvalue weighted by atomic mass is 32.1. The highest BCUT2D eigenvalue weighted by Crippen LogP contribution is 2.37. The Bertz CT molecular complexity index is 1210. The minimum absolute atomic E-state index is 0.0668. The van der Waals surface area contributed by atoms with Gasteiger partial charge in [-0.25, -0.2) is 13.8 Å². The Balaban J connectivity index is 1.42. The van der Waals surface area contributed by atoms with Crippen LogP contribution in [0.4, 0.5) is 14.7 Å². The number of aromatic nitrogens is 2. The number of thiophene rings is 1. The number of alkyl halides is 2. The molecule has 2 amide bonds. The van der Waals surface area contributed by atoms with Gasteiger partial charge in [0.15, 0.2) is 0 Å². The molecule has 0 spiro atoms. The number of carbonyl (C=O) groups excluding carboxylic acids is 2. The summed E-state index contributed by atoms with van der Waals surface area (Å²) in [5.41, 5.74) is 7.90. The first-order valence-corrected chi connectivity index (χ1v) is 12.5. The summed E-state index contributed by atoms with van der Waals surface area (Å²) in [7, 11) is 0. The second-order valence-electron chi connectivity index (χ2n) is 9.16. The molecule has 34 heavy (non-hydrogen) atoms. The molecule has 1 aromatic carbocycles. The van der Waals surface area contributed by atoms with Crippen LogP contribution in [0.2, 0.25) is 0 Å². The maximum atomic E-state index is 12.9. The van der Waals surface area contributed by atoms with Crippen LogP contribution in [-0.4, -0.2) is 33.4 Å². The van der Waals surface area contributed by atoms with E-state index in [-0.39, 0.29) is 33.8 Å². The molecule has 0 unspecified atom stereocenters. The highest BCUT2D eigenvalue weighted by Gasteiger charge is 2.31. The molecule has 0 atom stereocenters. The average Bonchev–Trinajstić information content (AvgIpc) is 3.42. The van der Waals surface area contributed by atoms with E-state index in [9.17, 15) is 18.4 Å². The van der Waals surface area contributed by atoms with E-state index in [4.69, 9.17) is 5.73 Å². The van der Waals surface area contributed by atoms with Crippen molar-refractivity contribution in [1.82, 2.24) is 14.9 Å². The van der Waals surface area contributed by atoms with Crippen LogP contribution in [0.3, 0.4) is 0 Å². The number of nitrogens with zero attached hydrogens (tertiary/aromatic N) is 2. The zero-order valence-corrected chi connectivity index (χ0v) is 19.4. The first-order chi connectivity index (χ1) is 16.4. The first-order valence-electron chi connectivity index (χ1n) is 11.7. The van der Waals surface area contributed by atoms with E-state index in [0.29, 0.717) is 17.0 Å². The van der Waals surface area contributed by atoms with E-state index in [1.165, 1.54) is 18.6 Å². The van der Waals surface area contributed by atoms with Gasteiger partial charge in [0.05, 0.1) is 20.8 Å². The summed E-state index contributed by atoms with van der Waals surface area (Å²) in [6.45, 7) is 0. The van der Waals surface area contributed by atoms with Crippen LogP contribution in [0.5, 0.6) is 0 Å². The number of hydrogen-bond acceptors (Lipinski definition) is 5. The van der Waals surface area contributed by atoms with Gasteiger partial charge in [0.2, 0.25) is 5.95 Å². The van der Waals surface area contributed by atoms with E-state index < -0.39 is 12.3 Å². The van der Waals surface area contributed by atoms with Crippen molar-refractivity contribution in [1.29, 1.82) is 0 Å². The summed E-state index contributed by atoms with van der Waals surface area (Å²) in [6.07, 6.45) is 4.33. The second-order valence-corrected chi connectivity index (χ2v) is 10.3. The zero-order valence-electron chi connectivity index (χ0n) is 18.6. The fourth-order valence-electron chi connectivity index (χ4n) is 4.81. The Morgan fingerprint density at radius 1 is 1.09 bits per heavy atom. The van der Waals surface area contributed by atoms with Crippen LogP contribution < -0.4 is 16.4 Å². The molecule has 3 aromatic rings. The number of nitrogens with one attached hydrogen (secondary N) is 2. The third-order valence-corrected chi connectivity index (χ3v) is 7.79. The maximum Gasteiger partial charge on any atom is 0.272 e. The number of halogens is 2.